The van der Waals surface area contributed by atoms with Gasteiger partial charge >= 0.3 is 12.1 Å². The molecular formula is C15H17F3N2O3. The average Bonchev–Trinajstić information content (AvgIpc) is 2.49. The van der Waals surface area contributed by atoms with Gasteiger partial charge < -0.3 is 15.4 Å². The van der Waals surface area contributed by atoms with Crippen molar-refractivity contribution >= 4 is 23.2 Å². The van der Waals surface area contributed by atoms with Crippen molar-refractivity contribution in [2.45, 2.75) is 38.0 Å². The molecule has 1 unspecified atom stereocenters. The zero-order valence-corrected chi connectivity index (χ0v) is 12.3. The molecule has 0 aliphatic carbocycles. The first-order chi connectivity index (χ1) is 10.8. The molecule has 1 atom stereocenters. The van der Waals surface area contributed by atoms with Gasteiger partial charge in [-0.05, 0) is 43.5 Å². The van der Waals surface area contributed by atoms with E-state index >= 15 is 0 Å². The lowest BCUT2D eigenvalue weighted by Crippen LogP contribution is -2.29. The van der Waals surface area contributed by atoms with Crippen LogP contribution >= 0.6 is 0 Å². The zero-order chi connectivity index (χ0) is 16.9. The summed E-state index contributed by atoms with van der Waals surface area (Å²) in [6.45, 7) is 0.658. The van der Waals surface area contributed by atoms with E-state index in [1.165, 1.54) is 24.3 Å². The van der Waals surface area contributed by atoms with Gasteiger partial charge in [-0.3, -0.25) is 9.59 Å². The minimum absolute atomic E-state index is 0.000868. The first-order valence-electron chi connectivity index (χ1n) is 7.24. The van der Waals surface area contributed by atoms with E-state index in [1.54, 1.807) is 5.32 Å². The van der Waals surface area contributed by atoms with Gasteiger partial charge in [0.1, 0.15) is 0 Å². The summed E-state index contributed by atoms with van der Waals surface area (Å²) in [5, 5.41) is 4.38. The van der Waals surface area contributed by atoms with Gasteiger partial charge in [-0.2, -0.15) is 13.2 Å². The second-order valence-electron chi connectivity index (χ2n) is 5.27. The summed E-state index contributed by atoms with van der Waals surface area (Å²) in [5.74, 6) is -2.26. The highest BCUT2D eigenvalue weighted by Crippen LogP contribution is 2.20. The van der Waals surface area contributed by atoms with Crippen LogP contribution in [0.3, 0.4) is 0 Å². The number of carbonyl (C=O) groups is 2. The van der Waals surface area contributed by atoms with Gasteiger partial charge in [0.15, 0.2) is 0 Å². The summed E-state index contributed by atoms with van der Waals surface area (Å²) < 4.78 is 41.8. The highest BCUT2D eigenvalue weighted by molar-refractivity contribution is 5.95. The molecule has 23 heavy (non-hydrogen) atoms. The first-order valence-corrected chi connectivity index (χ1v) is 7.24. The summed E-state index contributed by atoms with van der Waals surface area (Å²) in [4.78, 5) is 22.7. The number of ether oxygens (including phenoxy) is 1. The van der Waals surface area contributed by atoms with Crippen molar-refractivity contribution in [3.05, 3.63) is 24.3 Å². The minimum Gasteiger partial charge on any atom is -0.378 e. The Balaban J connectivity index is 1.84. The summed E-state index contributed by atoms with van der Waals surface area (Å²) >= 11 is 0. The largest absolute Gasteiger partial charge is 0.471 e. The van der Waals surface area contributed by atoms with Crippen molar-refractivity contribution in [2.75, 3.05) is 17.2 Å². The van der Waals surface area contributed by atoms with Gasteiger partial charge in [0.05, 0.1) is 12.5 Å². The fraction of sp³-hybridized carbons (Fsp3) is 0.467. The van der Waals surface area contributed by atoms with Crippen LogP contribution < -0.4 is 10.6 Å². The molecule has 1 heterocycles. The number of anilines is 2. The van der Waals surface area contributed by atoms with E-state index in [9.17, 15) is 22.8 Å². The lowest BCUT2D eigenvalue weighted by molar-refractivity contribution is -0.167. The van der Waals surface area contributed by atoms with E-state index in [4.69, 9.17) is 4.74 Å². The van der Waals surface area contributed by atoms with Crippen molar-refractivity contribution in [3.63, 3.8) is 0 Å². The molecular weight excluding hydrogens is 313 g/mol. The summed E-state index contributed by atoms with van der Waals surface area (Å²) in [6, 6.07) is 5.42. The molecule has 1 aliphatic heterocycles. The SMILES string of the molecule is O=C(CC1CCCCO1)Nc1ccc(NC(=O)C(F)(F)F)cc1. The van der Waals surface area contributed by atoms with Crippen LogP contribution in [0.5, 0.6) is 0 Å². The number of rotatable bonds is 4. The molecule has 2 N–H and O–H groups in total. The van der Waals surface area contributed by atoms with Crippen LogP contribution in [0.25, 0.3) is 0 Å². The molecule has 0 bridgehead atoms. The van der Waals surface area contributed by atoms with Crippen LogP contribution in [-0.4, -0.2) is 30.7 Å². The third-order valence-electron chi connectivity index (χ3n) is 3.37. The lowest BCUT2D eigenvalue weighted by Gasteiger charge is -2.21. The van der Waals surface area contributed by atoms with Gasteiger partial charge in [-0.1, -0.05) is 0 Å². The summed E-state index contributed by atoms with van der Waals surface area (Å²) in [5.41, 5.74) is 0.441. The van der Waals surface area contributed by atoms with E-state index in [2.05, 4.69) is 5.32 Å². The highest BCUT2D eigenvalue weighted by Gasteiger charge is 2.38. The molecule has 0 saturated carbocycles. The number of carbonyl (C=O) groups excluding carboxylic acids is 2. The summed E-state index contributed by atoms with van der Waals surface area (Å²) in [7, 11) is 0. The molecule has 1 fully saturated rings. The molecule has 126 valence electrons. The van der Waals surface area contributed by atoms with Crippen molar-refractivity contribution in [3.8, 4) is 0 Å². The molecule has 1 aliphatic rings. The topological polar surface area (TPSA) is 67.4 Å². The lowest BCUT2D eigenvalue weighted by atomic mass is 10.1. The van der Waals surface area contributed by atoms with E-state index < -0.39 is 12.1 Å². The standard InChI is InChI=1S/C15H17F3N2O3/c16-15(17,18)14(22)20-11-6-4-10(5-7-11)19-13(21)9-12-3-1-2-8-23-12/h4-7,12H,1-3,8-9H2,(H,19,21)(H,20,22). The molecule has 1 aromatic carbocycles. The molecule has 0 spiro atoms. The van der Waals surface area contributed by atoms with E-state index in [-0.39, 0.29) is 24.1 Å². The van der Waals surface area contributed by atoms with Crippen LogP contribution in [0.2, 0.25) is 0 Å². The van der Waals surface area contributed by atoms with E-state index in [0.29, 0.717) is 12.3 Å². The first kappa shape index (κ1) is 17.3. The quantitative estimate of drug-likeness (QED) is 0.891. The van der Waals surface area contributed by atoms with Crippen LogP contribution in [0.1, 0.15) is 25.7 Å². The number of benzene rings is 1. The smallest absolute Gasteiger partial charge is 0.378 e. The molecule has 1 aromatic rings. The van der Waals surface area contributed by atoms with Crippen molar-refractivity contribution in [1.29, 1.82) is 0 Å². The van der Waals surface area contributed by atoms with E-state index in [0.717, 1.165) is 19.3 Å². The Morgan fingerprint density at radius 2 is 1.70 bits per heavy atom. The number of nitrogens with one attached hydrogen (secondary N) is 2. The maximum absolute atomic E-state index is 12.1. The fourth-order valence-electron chi connectivity index (χ4n) is 2.23. The van der Waals surface area contributed by atoms with E-state index in [1.807, 2.05) is 0 Å². The van der Waals surface area contributed by atoms with Crippen molar-refractivity contribution < 1.29 is 27.5 Å². The maximum Gasteiger partial charge on any atom is 0.471 e. The molecule has 2 amide bonds. The van der Waals surface area contributed by atoms with Crippen molar-refractivity contribution in [1.82, 2.24) is 0 Å². The second kappa shape index (κ2) is 7.45. The van der Waals surface area contributed by atoms with Gasteiger partial charge in [0, 0.05) is 18.0 Å². The normalized spacial score (nSPS) is 18.3. The van der Waals surface area contributed by atoms with Gasteiger partial charge in [0.2, 0.25) is 5.91 Å². The fourth-order valence-corrected chi connectivity index (χ4v) is 2.23. The van der Waals surface area contributed by atoms with Gasteiger partial charge in [0.25, 0.3) is 0 Å². The highest BCUT2D eigenvalue weighted by atomic mass is 19.4. The Kier molecular flexibility index (Phi) is 5.59. The monoisotopic (exact) mass is 330 g/mol. The molecule has 2 rings (SSSR count). The van der Waals surface area contributed by atoms with Crippen LogP contribution in [0.15, 0.2) is 24.3 Å². The molecule has 1 saturated heterocycles. The van der Waals surface area contributed by atoms with Crippen LogP contribution in [0.4, 0.5) is 24.5 Å². The predicted octanol–water partition coefficient (Wildman–Crippen LogP) is 3.09. The number of amides is 2. The Bertz CT molecular complexity index is 552. The Morgan fingerprint density at radius 3 is 2.22 bits per heavy atom. The third-order valence-corrected chi connectivity index (χ3v) is 3.37. The Hall–Kier alpha value is -2.09. The van der Waals surface area contributed by atoms with Gasteiger partial charge in [-0.15, -0.1) is 0 Å². The molecule has 5 nitrogen and oxygen atoms in total. The number of hydrogen-bond acceptors (Lipinski definition) is 3. The molecule has 0 radical (unpaired) electrons. The molecule has 8 heteroatoms. The average molecular weight is 330 g/mol. The molecule has 0 aromatic heterocycles. The van der Waals surface area contributed by atoms with Crippen molar-refractivity contribution in [2.24, 2.45) is 0 Å². The second-order valence-corrected chi connectivity index (χ2v) is 5.27. The maximum atomic E-state index is 12.1. The number of halogens is 3. The minimum atomic E-state index is -4.94. The Morgan fingerprint density at radius 1 is 1.09 bits per heavy atom. The Labute approximate surface area is 131 Å². The summed E-state index contributed by atoms with van der Waals surface area (Å²) in [6.07, 6.45) is -1.90. The number of hydrogen-bond donors (Lipinski definition) is 2. The number of alkyl halides is 3. The van der Waals surface area contributed by atoms with Gasteiger partial charge in [-0.25, -0.2) is 0 Å². The zero-order valence-electron chi connectivity index (χ0n) is 12.3. The third kappa shape index (κ3) is 5.55. The van der Waals surface area contributed by atoms with Crippen LogP contribution in [0, 0.1) is 0 Å². The predicted molar refractivity (Wildman–Crippen MR) is 78.0 cm³/mol. The van der Waals surface area contributed by atoms with Crippen LogP contribution in [-0.2, 0) is 14.3 Å².